The molecule has 5 aromatic rings. The topological polar surface area (TPSA) is 0 Å². The number of hydrogen-bond donors (Lipinski definition) is 0. The van der Waals surface area contributed by atoms with Gasteiger partial charge in [-0.15, -0.1) is 0 Å². The summed E-state index contributed by atoms with van der Waals surface area (Å²) in [5, 5.41) is 8.34. The molecule has 0 aromatic heterocycles. The van der Waals surface area contributed by atoms with E-state index in [2.05, 4.69) is 152 Å². The first-order chi connectivity index (χ1) is 17.4. The Hall–Kier alpha value is -2.82. The third-order valence-corrected chi connectivity index (χ3v) is 63.5. The van der Waals surface area contributed by atoms with E-state index in [1.165, 1.54) is 0 Å². The molecule has 0 N–H and O–H groups in total. The molecular formula is C30H25Si5. The highest BCUT2D eigenvalue weighted by atomic mass is 30.1. The molecular weight excluding hydrogens is 501 g/mol. The molecule has 1 aliphatic rings. The maximum Gasteiger partial charge on any atom is 0.0711 e. The zero-order valence-electron chi connectivity index (χ0n) is 19.4. The Morgan fingerprint density at radius 3 is 0.486 bits per heavy atom. The number of hydrogen-bond acceptors (Lipinski definition) is 0. The average molecular weight is 526 g/mol. The van der Waals surface area contributed by atoms with Gasteiger partial charge in [0.25, 0.3) is 0 Å². The van der Waals surface area contributed by atoms with Crippen LogP contribution in [0.3, 0.4) is 0 Å². The van der Waals surface area contributed by atoms with Crippen LogP contribution >= 0.6 is 0 Å². The maximum absolute atomic E-state index is 2.47. The first kappa shape index (κ1) is 22.6. The van der Waals surface area contributed by atoms with E-state index in [0.717, 1.165) is 0 Å². The summed E-state index contributed by atoms with van der Waals surface area (Å²) in [6, 6.07) is 58.5. The average Bonchev–Trinajstić information content (AvgIpc) is 3.32. The molecule has 5 radical (unpaired) electrons. The summed E-state index contributed by atoms with van der Waals surface area (Å²) in [7, 11) is -3.84. The van der Waals surface area contributed by atoms with Crippen LogP contribution in [0, 0.1) is 0 Å². The zero-order valence-corrected chi connectivity index (χ0v) is 24.4. The van der Waals surface area contributed by atoms with E-state index in [4.69, 9.17) is 0 Å². The molecule has 1 aliphatic heterocycles. The van der Waals surface area contributed by atoms with Gasteiger partial charge >= 0.3 is 0 Å². The predicted molar refractivity (Wildman–Crippen MR) is 159 cm³/mol. The molecule has 5 heteroatoms. The van der Waals surface area contributed by atoms with Crippen LogP contribution in [-0.4, -0.2) is 39.2 Å². The van der Waals surface area contributed by atoms with Crippen LogP contribution in [0.25, 0.3) is 0 Å². The van der Waals surface area contributed by atoms with Gasteiger partial charge in [0.1, 0.15) is 0 Å². The van der Waals surface area contributed by atoms with Crippen LogP contribution in [0.2, 0.25) is 0 Å². The molecule has 0 unspecified atom stereocenters. The zero-order chi connectivity index (χ0) is 23.5. The molecule has 0 saturated carbocycles. The highest BCUT2D eigenvalue weighted by Gasteiger charge is 2.57. The fourth-order valence-electron chi connectivity index (χ4n) is 5.09. The van der Waals surface area contributed by atoms with E-state index in [1.807, 2.05) is 0 Å². The molecule has 1 heterocycles. The van der Waals surface area contributed by atoms with Gasteiger partial charge in [-0.05, 0) is 0 Å². The van der Waals surface area contributed by atoms with Crippen LogP contribution in [0.1, 0.15) is 0 Å². The summed E-state index contributed by atoms with van der Waals surface area (Å²) in [5.74, 6) is 0. The summed E-state index contributed by atoms with van der Waals surface area (Å²) in [6.07, 6.45) is 0. The van der Waals surface area contributed by atoms with Crippen molar-refractivity contribution in [2.24, 2.45) is 0 Å². The van der Waals surface area contributed by atoms with E-state index in [-0.39, 0.29) is 0 Å². The third-order valence-electron chi connectivity index (χ3n) is 6.56. The van der Waals surface area contributed by atoms with E-state index < -0.39 is 39.2 Å². The van der Waals surface area contributed by atoms with Gasteiger partial charge in [0.05, 0.1) is 39.2 Å². The van der Waals surface area contributed by atoms with Crippen LogP contribution in [-0.2, 0) is 0 Å². The van der Waals surface area contributed by atoms with Crippen LogP contribution in [0.15, 0.2) is 152 Å². The van der Waals surface area contributed by atoms with Gasteiger partial charge in [0.15, 0.2) is 0 Å². The molecule has 35 heavy (non-hydrogen) atoms. The highest BCUT2D eigenvalue weighted by Crippen LogP contribution is 2.19. The normalized spacial score (nSPS) is 16.0. The second-order valence-electron chi connectivity index (χ2n) is 8.71. The van der Waals surface area contributed by atoms with Gasteiger partial charge in [0.2, 0.25) is 0 Å². The summed E-state index contributed by atoms with van der Waals surface area (Å²) in [5.41, 5.74) is 0. The monoisotopic (exact) mass is 525 g/mol. The molecule has 0 amide bonds. The molecule has 0 spiro atoms. The molecule has 1 fully saturated rings. The van der Waals surface area contributed by atoms with E-state index in [0.29, 0.717) is 0 Å². The lowest BCUT2D eigenvalue weighted by Gasteiger charge is -2.25. The van der Waals surface area contributed by atoms with Crippen molar-refractivity contribution in [2.75, 3.05) is 0 Å². The van der Waals surface area contributed by atoms with Crippen molar-refractivity contribution in [1.82, 2.24) is 0 Å². The van der Waals surface area contributed by atoms with Crippen LogP contribution < -0.4 is 25.9 Å². The first-order valence-electron chi connectivity index (χ1n) is 12.1. The number of rotatable bonds is 5. The SMILES string of the molecule is c1ccc([Si]2[Si](c3ccccc3)[Si](c3ccccc3)[Si](c3ccccc3)[Si]2c2ccccc2)cc1. The Bertz CT molecular complexity index is 1090. The fraction of sp³-hybridized carbons (Fsp3) is 0. The fourth-order valence-corrected chi connectivity index (χ4v) is 104. The van der Waals surface area contributed by atoms with E-state index >= 15 is 0 Å². The summed E-state index contributed by atoms with van der Waals surface area (Å²) in [4.78, 5) is 0. The third kappa shape index (κ3) is 4.46. The van der Waals surface area contributed by atoms with Gasteiger partial charge in [-0.2, -0.15) is 0 Å². The van der Waals surface area contributed by atoms with E-state index in [1.54, 1.807) is 25.9 Å². The van der Waals surface area contributed by atoms with Gasteiger partial charge in [0, 0.05) is 0 Å². The molecule has 5 aromatic carbocycles. The Labute approximate surface area is 215 Å². The lowest BCUT2D eigenvalue weighted by atomic mass is 10.4. The molecule has 0 atom stereocenters. The van der Waals surface area contributed by atoms with Crippen molar-refractivity contribution in [3.05, 3.63) is 152 Å². The summed E-state index contributed by atoms with van der Waals surface area (Å²) in [6.45, 7) is 0. The van der Waals surface area contributed by atoms with Crippen molar-refractivity contribution < 1.29 is 0 Å². The van der Waals surface area contributed by atoms with E-state index in [9.17, 15) is 0 Å². The largest absolute Gasteiger partial charge is 0.0711 e. The van der Waals surface area contributed by atoms with Crippen molar-refractivity contribution >= 4 is 65.1 Å². The Kier molecular flexibility index (Phi) is 6.75. The molecule has 165 valence electrons. The lowest BCUT2D eigenvalue weighted by Crippen LogP contribution is -2.64. The predicted octanol–water partition coefficient (Wildman–Crippen LogP) is 2.40. The Morgan fingerprint density at radius 2 is 0.343 bits per heavy atom. The molecule has 0 aliphatic carbocycles. The van der Waals surface area contributed by atoms with Gasteiger partial charge < -0.3 is 0 Å². The van der Waals surface area contributed by atoms with Gasteiger partial charge in [-0.3, -0.25) is 0 Å². The van der Waals surface area contributed by atoms with Crippen molar-refractivity contribution in [3.8, 4) is 0 Å². The van der Waals surface area contributed by atoms with Gasteiger partial charge in [-0.25, -0.2) is 0 Å². The second-order valence-corrected chi connectivity index (χ2v) is 37.8. The first-order valence-corrected chi connectivity index (χ1v) is 24.6. The Balaban J connectivity index is 1.66. The molecule has 0 nitrogen and oxygen atoms in total. The standard InChI is InChI=1S/C30H25Si5/c1-6-16-26(17-7-1)31-32(27-18-8-2-9-19-27)34(29-22-12-4-13-23-29)35(30-24-14-5-15-25-30)33(31)28-20-10-3-11-21-28/h1-25H. The maximum atomic E-state index is 2.47. The summed E-state index contributed by atoms with van der Waals surface area (Å²) < 4.78 is 0. The Morgan fingerprint density at radius 1 is 0.200 bits per heavy atom. The van der Waals surface area contributed by atoms with Crippen LogP contribution in [0.4, 0.5) is 0 Å². The van der Waals surface area contributed by atoms with Crippen molar-refractivity contribution in [2.45, 2.75) is 0 Å². The molecule has 6 rings (SSSR count). The van der Waals surface area contributed by atoms with Crippen molar-refractivity contribution in [1.29, 1.82) is 0 Å². The minimum absolute atomic E-state index is 0.767. The quantitative estimate of drug-likeness (QED) is 0.309. The molecule has 1 saturated heterocycles. The minimum Gasteiger partial charge on any atom is -0.0674 e. The number of benzene rings is 5. The lowest BCUT2D eigenvalue weighted by molar-refractivity contribution is 1.76. The highest BCUT2D eigenvalue weighted by molar-refractivity contribution is 8.03. The van der Waals surface area contributed by atoms with Crippen molar-refractivity contribution in [3.63, 3.8) is 0 Å². The molecule has 0 bridgehead atoms. The minimum atomic E-state index is -0.767. The van der Waals surface area contributed by atoms with Crippen LogP contribution in [0.5, 0.6) is 0 Å². The van der Waals surface area contributed by atoms with Gasteiger partial charge in [-0.1, -0.05) is 178 Å². The second kappa shape index (κ2) is 10.4. The smallest absolute Gasteiger partial charge is 0.0674 e. The summed E-state index contributed by atoms with van der Waals surface area (Å²) >= 11 is 0.